The van der Waals surface area contributed by atoms with Crippen molar-refractivity contribution in [2.24, 2.45) is 5.73 Å². The summed E-state index contributed by atoms with van der Waals surface area (Å²) in [5.74, 6) is -0.179. The minimum atomic E-state index is -0.475. The smallest absolute Gasteiger partial charge is 0.237 e. The largest absolute Gasteiger partial charge is 0.368 e. The van der Waals surface area contributed by atoms with Gasteiger partial charge < -0.3 is 11.1 Å². The van der Waals surface area contributed by atoms with Crippen molar-refractivity contribution in [1.82, 2.24) is 10.2 Å². The number of likely N-dealkylation sites (N-methyl/N-ethyl adjacent to an activating group) is 1. The molecule has 4 heteroatoms. The van der Waals surface area contributed by atoms with Gasteiger partial charge in [0.15, 0.2) is 0 Å². The van der Waals surface area contributed by atoms with Crippen molar-refractivity contribution in [2.45, 2.75) is 83.8 Å². The number of carbonyl (C=O) groups is 1. The first kappa shape index (κ1) is 17.4. The Bertz CT molecular complexity index is 308. The summed E-state index contributed by atoms with van der Waals surface area (Å²) < 4.78 is 0. The minimum absolute atomic E-state index is 0.179. The van der Waals surface area contributed by atoms with Crippen molar-refractivity contribution in [2.75, 3.05) is 13.1 Å². The van der Waals surface area contributed by atoms with Crippen LogP contribution in [0.3, 0.4) is 0 Å². The van der Waals surface area contributed by atoms with Crippen molar-refractivity contribution in [3.8, 4) is 0 Å². The molecular weight excluding hydrogens is 250 g/mol. The van der Waals surface area contributed by atoms with E-state index in [-0.39, 0.29) is 5.91 Å². The number of hydrogen-bond acceptors (Lipinski definition) is 3. The van der Waals surface area contributed by atoms with Crippen LogP contribution in [0.15, 0.2) is 0 Å². The quantitative estimate of drug-likeness (QED) is 0.682. The lowest BCUT2D eigenvalue weighted by Gasteiger charge is -2.35. The maximum absolute atomic E-state index is 11.9. The molecule has 0 heterocycles. The summed E-state index contributed by atoms with van der Waals surface area (Å²) in [6.45, 7) is 10.7. The summed E-state index contributed by atoms with van der Waals surface area (Å²) in [4.78, 5) is 14.5. The molecule has 0 aromatic rings. The molecule has 0 aromatic heterocycles. The number of unbranched alkanes of at least 4 members (excludes halogenated alkanes) is 1. The second-order valence-corrected chi connectivity index (χ2v) is 6.22. The monoisotopic (exact) mass is 283 g/mol. The van der Waals surface area contributed by atoms with Crippen LogP contribution in [0, 0.1) is 0 Å². The lowest BCUT2D eigenvalue weighted by molar-refractivity contribution is -0.124. The lowest BCUT2D eigenvalue weighted by Crippen LogP contribution is -2.55. The fourth-order valence-corrected chi connectivity index (χ4v) is 3.45. The topological polar surface area (TPSA) is 58.4 Å². The van der Waals surface area contributed by atoms with E-state index in [1.54, 1.807) is 0 Å². The molecule has 1 fully saturated rings. The Labute approximate surface area is 124 Å². The predicted molar refractivity (Wildman–Crippen MR) is 84.6 cm³/mol. The summed E-state index contributed by atoms with van der Waals surface area (Å²) in [5.41, 5.74) is 5.20. The number of primary amides is 1. The normalized spacial score (nSPS) is 27.9. The average molecular weight is 283 g/mol. The molecule has 3 unspecified atom stereocenters. The zero-order valence-electron chi connectivity index (χ0n) is 13.7. The Morgan fingerprint density at radius 2 is 2.15 bits per heavy atom. The van der Waals surface area contributed by atoms with Crippen molar-refractivity contribution < 1.29 is 4.79 Å². The Morgan fingerprint density at radius 3 is 2.65 bits per heavy atom. The highest BCUT2D eigenvalue weighted by atomic mass is 16.1. The van der Waals surface area contributed by atoms with Crippen LogP contribution in [0.4, 0.5) is 0 Å². The number of rotatable bonds is 9. The minimum Gasteiger partial charge on any atom is -0.368 e. The van der Waals surface area contributed by atoms with Crippen LogP contribution in [0.2, 0.25) is 0 Å². The standard InChI is InChI=1S/C16H33N3O/c1-5-8-11-19(13(4)6-2)14-9-10-16(12-14,15(17)20)18-7-3/h13-14,18H,5-12H2,1-4H3,(H2,17,20). The number of nitrogens with zero attached hydrogens (tertiary/aromatic N) is 1. The maximum Gasteiger partial charge on any atom is 0.237 e. The molecule has 3 atom stereocenters. The van der Waals surface area contributed by atoms with E-state index in [2.05, 4.69) is 31.0 Å². The molecule has 1 aliphatic rings. The third-order valence-corrected chi connectivity index (χ3v) is 4.87. The Morgan fingerprint density at radius 1 is 1.45 bits per heavy atom. The molecule has 0 aromatic carbocycles. The molecule has 0 aliphatic heterocycles. The first-order chi connectivity index (χ1) is 9.50. The molecule has 1 saturated carbocycles. The fraction of sp³-hybridized carbons (Fsp3) is 0.938. The maximum atomic E-state index is 11.9. The molecule has 4 nitrogen and oxygen atoms in total. The van der Waals surface area contributed by atoms with Crippen LogP contribution in [-0.2, 0) is 4.79 Å². The van der Waals surface area contributed by atoms with Gasteiger partial charge in [-0.05, 0) is 52.1 Å². The van der Waals surface area contributed by atoms with Gasteiger partial charge in [0.1, 0.15) is 0 Å². The first-order valence-electron chi connectivity index (χ1n) is 8.31. The van der Waals surface area contributed by atoms with Gasteiger partial charge in [0.2, 0.25) is 5.91 Å². The lowest BCUT2D eigenvalue weighted by atomic mass is 9.95. The molecule has 118 valence electrons. The van der Waals surface area contributed by atoms with E-state index < -0.39 is 5.54 Å². The third kappa shape index (κ3) is 3.95. The number of nitrogens with one attached hydrogen (secondary N) is 1. The van der Waals surface area contributed by atoms with Crippen LogP contribution < -0.4 is 11.1 Å². The van der Waals surface area contributed by atoms with Crippen molar-refractivity contribution in [3.05, 3.63) is 0 Å². The van der Waals surface area contributed by atoms with Gasteiger partial charge in [0.05, 0.1) is 5.54 Å². The van der Waals surface area contributed by atoms with Gasteiger partial charge in [-0.3, -0.25) is 9.69 Å². The van der Waals surface area contributed by atoms with Crippen LogP contribution in [0.1, 0.15) is 66.2 Å². The van der Waals surface area contributed by atoms with Crippen molar-refractivity contribution >= 4 is 5.91 Å². The van der Waals surface area contributed by atoms with E-state index in [9.17, 15) is 4.79 Å². The van der Waals surface area contributed by atoms with Crippen molar-refractivity contribution in [1.29, 1.82) is 0 Å². The van der Waals surface area contributed by atoms with Crippen molar-refractivity contribution in [3.63, 3.8) is 0 Å². The van der Waals surface area contributed by atoms with E-state index in [0.29, 0.717) is 12.1 Å². The van der Waals surface area contributed by atoms with Gasteiger partial charge in [-0.2, -0.15) is 0 Å². The third-order valence-electron chi connectivity index (χ3n) is 4.87. The molecule has 0 saturated heterocycles. The second-order valence-electron chi connectivity index (χ2n) is 6.22. The van der Waals surface area contributed by atoms with Gasteiger partial charge in [0.25, 0.3) is 0 Å². The molecular formula is C16H33N3O. The Hall–Kier alpha value is -0.610. The number of nitrogens with two attached hydrogens (primary N) is 1. The molecule has 1 aliphatic carbocycles. The molecule has 0 spiro atoms. The van der Waals surface area contributed by atoms with Gasteiger partial charge in [0, 0.05) is 12.1 Å². The molecule has 0 bridgehead atoms. The highest BCUT2D eigenvalue weighted by Gasteiger charge is 2.45. The van der Waals surface area contributed by atoms with Gasteiger partial charge in [-0.1, -0.05) is 27.2 Å². The predicted octanol–water partition coefficient (Wildman–Crippen LogP) is 2.27. The molecule has 20 heavy (non-hydrogen) atoms. The summed E-state index contributed by atoms with van der Waals surface area (Å²) in [6, 6.07) is 1.07. The Balaban J connectivity index is 2.77. The van der Waals surface area contributed by atoms with Gasteiger partial charge in [-0.15, -0.1) is 0 Å². The first-order valence-corrected chi connectivity index (χ1v) is 8.31. The number of carbonyl (C=O) groups excluding carboxylic acids is 1. The molecule has 1 amide bonds. The van der Waals surface area contributed by atoms with Crippen LogP contribution in [0.25, 0.3) is 0 Å². The zero-order valence-corrected chi connectivity index (χ0v) is 13.7. The average Bonchev–Trinajstić information content (AvgIpc) is 2.85. The van der Waals surface area contributed by atoms with Gasteiger partial charge >= 0.3 is 0 Å². The van der Waals surface area contributed by atoms with Crippen LogP contribution in [0.5, 0.6) is 0 Å². The molecule has 1 rings (SSSR count). The molecule has 0 radical (unpaired) electrons. The second kappa shape index (κ2) is 7.99. The highest BCUT2D eigenvalue weighted by molar-refractivity contribution is 5.85. The number of hydrogen-bond donors (Lipinski definition) is 2. The highest BCUT2D eigenvalue weighted by Crippen LogP contribution is 2.34. The van der Waals surface area contributed by atoms with E-state index in [0.717, 1.165) is 38.8 Å². The van der Waals surface area contributed by atoms with E-state index in [1.165, 1.54) is 12.8 Å². The SMILES string of the molecule is CCCCN(C(C)CC)C1CCC(NCC)(C(N)=O)C1. The molecule has 3 N–H and O–H groups in total. The van der Waals surface area contributed by atoms with E-state index in [1.807, 2.05) is 6.92 Å². The van der Waals surface area contributed by atoms with E-state index in [4.69, 9.17) is 5.73 Å². The fourth-order valence-electron chi connectivity index (χ4n) is 3.45. The number of amides is 1. The summed E-state index contributed by atoms with van der Waals surface area (Å²) >= 11 is 0. The van der Waals surface area contributed by atoms with E-state index >= 15 is 0 Å². The van der Waals surface area contributed by atoms with Crippen LogP contribution in [-0.4, -0.2) is 41.5 Å². The summed E-state index contributed by atoms with van der Waals surface area (Å²) in [6.07, 6.45) is 6.42. The van der Waals surface area contributed by atoms with Gasteiger partial charge in [-0.25, -0.2) is 0 Å². The Kier molecular flexibility index (Phi) is 6.96. The summed E-state index contributed by atoms with van der Waals surface area (Å²) in [5, 5.41) is 3.35. The summed E-state index contributed by atoms with van der Waals surface area (Å²) in [7, 11) is 0. The van der Waals surface area contributed by atoms with Crippen LogP contribution >= 0.6 is 0 Å². The zero-order chi connectivity index (χ0) is 15.2.